The van der Waals surface area contributed by atoms with E-state index in [0.717, 1.165) is 22.3 Å². The van der Waals surface area contributed by atoms with Crippen molar-refractivity contribution in [1.29, 1.82) is 0 Å². The number of aliphatic hydroxyl groups is 1. The van der Waals surface area contributed by atoms with Gasteiger partial charge >= 0.3 is 0 Å². The van der Waals surface area contributed by atoms with Crippen LogP contribution in [0.3, 0.4) is 0 Å². The molecule has 0 aliphatic heterocycles. The first-order valence-corrected chi connectivity index (χ1v) is 7.82. The second kappa shape index (κ2) is 6.48. The third-order valence-corrected chi connectivity index (χ3v) is 4.47. The van der Waals surface area contributed by atoms with Gasteiger partial charge in [0, 0.05) is 23.0 Å². The van der Waals surface area contributed by atoms with Crippen molar-refractivity contribution in [2.24, 2.45) is 7.05 Å². The van der Waals surface area contributed by atoms with Gasteiger partial charge < -0.3 is 5.11 Å². The van der Waals surface area contributed by atoms with E-state index in [4.69, 9.17) is 23.2 Å². The van der Waals surface area contributed by atoms with Gasteiger partial charge in [-0.2, -0.15) is 5.10 Å². The lowest BCUT2D eigenvalue weighted by atomic mass is 10.0. The quantitative estimate of drug-likeness (QED) is 0.861. The van der Waals surface area contributed by atoms with Crippen LogP contribution < -0.4 is 0 Å². The van der Waals surface area contributed by atoms with Crippen molar-refractivity contribution in [3.05, 3.63) is 49.7 Å². The molecule has 1 atom stereocenters. The zero-order valence-electron chi connectivity index (χ0n) is 11.2. The Balaban J connectivity index is 2.27. The maximum absolute atomic E-state index is 10.4. The van der Waals surface area contributed by atoms with Crippen molar-refractivity contribution in [3.63, 3.8) is 0 Å². The largest absolute Gasteiger partial charge is 0.388 e. The molecule has 6 heteroatoms. The molecule has 1 unspecified atom stereocenters. The molecule has 1 aromatic heterocycles. The summed E-state index contributed by atoms with van der Waals surface area (Å²) in [5.74, 6) is 0. The fraction of sp³-hybridized carbons (Fsp3) is 0.357. The van der Waals surface area contributed by atoms with Crippen LogP contribution >= 0.6 is 39.1 Å². The van der Waals surface area contributed by atoms with Crippen molar-refractivity contribution in [1.82, 2.24) is 9.78 Å². The summed E-state index contributed by atoms with van der Waals surface area (Å²) in [4.78, 5) is 0. The minimum Gasteiger partial charge on any atom is -0.388 e. The smallest absolute Gasteiger partial charge is 0.0860 e. The maximum atomic E-state index is 10.4. The van der Waals surface area contributed by atoms with Gasteiger partial charge in [-0.3, -0.25) is 4.68 Å². The SMILES string of the molecule is CCc1nn(C)c(CC(O)c2ccc(Br)cc2Cl)c1Cl. The first kappa shape index (κ1) is 15.8. The molecule has 0 radical (unpaired) electrons. The van der Waals surface area contributed by atoms with Gasteiger partial charge in [-0.1, -0.05) is 52.1 Å². The van der Waals surface area contributed by atoms with Crippen LogP contribution in [-0.2, 0) is 19.9 Å². The van der Waals surface area contributed by atoms with Gasteiger partial charge in [0.05, 0.1) is 22.5 Å². The molecule has 20 heavy (non-hydrogen) atoms. The molecular formula is C14H15BrCl2N2O. The van der Waals surface area contributed by atoms with Gasteiger partial charge in [0.1, 0.15) is 0 Å². The Kier molecular flexibility index (Phi) is 5.13. The fourth-order valence-electron chi connectivity index (χ4n) is 2.11. The summed E-state index contributed by atoms with van der Waals surface area (Å²) < 4.78 is 2.60. The second-order valence-electron chi connectivity index (χ2n) is 4.57. The zero-order valence-corrected chi connectivity index (χ0v) is 14.3. The molecular weight excluding hydrogens is 363 g/mol. The molecule has 0 amide bonds. The maximum Gasteiger partial charge on any atom is 0.0860 e. The molecule has 2 aromatic rings. The molecule has 0 bridgehead atoms. The number of benzene rings is 1. The summed E-state index contributed by atoms with van der Waals surface area (Å²) in [5.41, 5.74) is 2.35. The molecule has 0 fully saturated rings. The summed E-state index contributed by atoms with van der Waals surface area (Å²) in [6, 6.07) is 5.43. The molecule has 0 saturated carbocycles. The molecule has 2 rings (SSSR count). The van der Waals surface area contributed by atoms with E-state index in [-0.39, 0.29) is 0 Å². The predicted octanol–water partition coefficient (Wildman–Crippen LogP) is 4.33. The van der Waals surface area contributed by atoms with Gasteiger partial charge in [0.15, 0.2) is 0 Å². The van der Waals surface area contributed by atoms with E-state index >= 15 is 0 Å². The highest BCUT2D eigenvalue weighted by atomic mass is 79.9. The fourth-order valence-corrected chi connectivity index (χ4v) is 3.28. The Morgan fingerprint density at radius 1 is 1.40 bits per heavy atom. The number of hydrogen-bond donors (Lipinski definition) is 1. The number of halogens is 3. The van der Waals surface area contributed by atoms with E-state index in [9.17, 15) is 5.11 Å². The number of aryl methyl sites for hydroxylation is 2. The summed E-state index contributed by atoms with van der Waals surface area (Å²) in [5, 5.41) is 15.9. The predicted molar refractivity (Wildman–Crippen MR) is 85.4 cm³/mol. The van der Waals surface area contributed by atoms with Crippen LogP contribution in [0.25, 0.3) is 0 Å². The van der Waals surface area contributed by atoms with E-state index in [0.29, 0.717) is 22.0 Å². The number of hydrogen-bond acceptors (Lipinski definition) is 2. The molecule has 0 spiro atoms. The molecule has 0 aliphatic carbocycles. The monoisotopic (exact) mass is 376 g/mol. The first-order chi connectivity index (χ1) is 9.43. The van der Waals surface area contributed by atoms with Crippen LogP contribution in [0, 0.1) is 0 Å². The highest BCUT2D eigenvalue weighted by molar-refractivity contribution is 9.10. The number of aliphatic hydroxyl groups excluding tert-OH is 1. The van der Waals surface area contributed by atoms with Crippen LogP contribution in [-0.4, -0.2) is 14.9 Å². The Labute approximate surface area is 136 Å². The van der Waals surface area contributed by atoms with E-state index < -0.39 is 6.10 Å². The summed E-state index contributed by atoms with van der Waals surface area (Å²) in [7, 11) is 1.83. The van der Waals surface area contributed by atoms with Crippen molar-refractivity contribution >= 4 is 39.1 Å². The van der Waals surface area contributed by atoms with E-state index in [1.165, 1.54) is 0 Å². The lowest BCUT2D eigenvalue weighted by Gasteiger charge is -2.13. The Morgan fingerprint density at radius 3 is 2.65 bits per heavy atom. The van der Waals surface area contributed by atoms with Crippen LogP contribution in [0.5, 0.6) is 0 Å². The molecule has 108 valence electrons. The van der Waals surface area contributed by atoms with Crippen LogP contribution in [0.2, 0.25) is 10.0 Å². The van der Waals surface area contributed by atoms with Crippen molar-refractivity contribution in [3.8, 4) is 0 Å². The molecule has 0 saturated heterocycles. The third-order valence-electron chi connectivity index (χ3n) is 3.21. The minimum atomic E-state index is -0.715. The zero-order chi connectivity index (χ0) is 14.9. The highest BCUT2D eigenvalue weighted by Crippen LogP contribution is 2.31. The van der Waals surface area contributed by atoms with Gasteiger partial charge in [-0.15, -0.1) is 0 Å². The van der Waals surface area contributed by atoms with Crippen LogP contribution in [0.4, 0.5) is 0 Å². The lowest BCUT2D eigenvalue weighted by molar-refractivity contribution is 0.176. The normalized spacial score (nSPS) is 12.7. The topological polar surface area (TPSA) is 38.0 Å². The Hall–Kier alpha value is -0.550. The number of nitrogens with zero attached hydrogens (tertiary/aromatic N) is 2. The molecule has 3 nitrogen and oxygen atoms in total. The number of rotatable bonds is 4. The average molecular weight is 378 g/mol. The van der Waals surface area contributed by atoms with Gasteiger partial charge in [0.25, 0.3) is 0 Å². The molecule has 1 heterocycles. The number of aromatic nitrogens is 2. The van der Waals surface area contributed by atoms with Crippen molar-refractivity contribution in [2.45, 2.75) is 25.9 Å². The standard InChI is InChI=1S/C14H15BrCl2N2O/c1-3-11-14(17)12(19(2)18-11)7-13(20)9-5-4-8(15)6-10(9)16/h4-6,13,20H,3,7H2,1-2H3. The van der Waals surface area contributed by atoms with Crippen LogP contribution in [0.15, 0.2) is 22.7 Å². The third kappa shape index (κ3) is 3.19. The lowest BCUT2D eigenvalue weighted by Crippen LogP contribution is -2.07. The molecule has 1 N–H and O–H groups in total. The van der Waals surface area contributed by atoms with E-state index in [1.54, 1.807) is 10.7 Å². The Bertz CT molecular complexity index is 628. The summed E-state index contributed by atoms with van der Waals surface area (Å²) in [6.07, 6.45) is 0.430. The first-order valence-electron chi connectivity index (χ1n) is 6.27. The van der Waals surface area contributed by atoms with E-state index in [2.05, 4.69) is 21.0 Å². The van der Waals surface area contributed by atoms with Crippen molar-refractivity contribution < 1.29 is 5.11 Å². The van der Waals surface area contributed by atoms with Crippen LogP contribution in [0.1, 0.15) is 30.0 Å². The summed E-state index contributed by atoms with van der Waals surface area (Å²) in [6.45, 7) is 2.00. The second-order valence-corrected chi connectivity index (χ2v) is 6.27. The van der Waals surface area contributed by atoms with Gasteiger partial charge in [-0.25, -0.2) is 0 Å². The summed E-state index contributed by atoms with van der Waals surface area (Å²) >= 11 is 15.8. The van der Waals surface area contributed by atoms with Gasteiger partial charge in [-0.05, 0) is 24.1 Å². The van der Waals surface area contributed by atoms with Crippen molar-refractivity contribution in [2.75, 3.05) is 0 Å². The Morgan fingerprint density at radius 2 is 2.10 bits per heavy atom. The molecule has 0 aliphatic rings. The molecule has 1 aromatic carbocycles. The minimum absolute atomic E-state index is 0.379. The van der Waals surface area contributed by atoms with Gasteiger partial charge in [0.2, 0.25) is 0 Å². The average Bonchev–Trinajstić information content (AvgIpc) is 2.66. The highest BCUT2D eigenvalue weighted by Gasteiger charge is 2.19. The van der Waals surface area contributed by atoms with E-state index in [1.807, 2.05) is 26.1 Å².